The first-order valence-corrected chi connectivity index (χ1v) is 9.38. The lowest BCUT2D eigenvalue weighted by Crippen LogP contribution is -2.30. The van der Waals surface area contributed by atoms with Crippen LogP contribution in [0.1, 0.15) is 10.4 Å². The van der Waals surface area contributed by atoms with Crippen molar-refractivity contribution in [3.8, 4) is 11.6 Å². The molecular formula is C21H14ClN5O4. The number of nitrogens with one attached hydrogen (secondary N) is 2. The van der Waals surface area contributed by atoms with Gasteiger partial charge in [0.15, 0.2) is 0 Å². The second-order valence-electron chi connectivity index (χ2n) is 6.27. The third-order valence-electron chi connectivity index (χ3n) is 4.34. The van der Waals surface area contributed by atoms with Gasteiger partial charge in [-0.1, -0.05) is 60.1 Å². The zero-order valence-corrected chi connectivity index (χ0v) is 16.5. The number of anilines is 1. The van der Waals surface area contributed by atoms with Crippen LogP contribution in [0.5, 0.6) is 11.6 Å². The molecule has 4 aromatic rings. The number of hydrogen-bond acceptors (Lipinski definition) is 7. The van der Waals surface area contributed by atoms with E-state index < -0.39 is 16.5 Å². The fourth-order valence-corrected chi connectivity index (χ4v) is 3.13. The number of amides is 1. The molecule has 0 aliphatic heterocycles. The second-order valence-corrected chi connectivity index (χ2v) is 6.68. The van der Waals surface area contributed by atoms with Crippen molar-refractivity contribution in [3.05, 3.63) is 93.8 Å². The Morgan fingerprint density at radius 2 is 1.74 bits per heavy atom. The molecule has 9 nitrogen and oxygen atoms in total. The number of benzene rings is 3. The number of carbonyl (C=O) groups excluding carboxylic acids is 1. The van der Waals surface area contributed by atoms with E-state index in [4.69, 9.17) is 16.3 Å². The SMILES string of the molecule is O=C(NNc1ncnc(Oc2cccc3ccccc23)c1[N+](=O)[O-])c1ccccc1Cl. The molecule has 0 fully saturated rings. The average molecular weight is 436 g/mol. The Bertz CT molecular complexity index is 1290. The highest BCUT2D eigenvalue weighted by Crippen LogP contribution is 2.36. The van der Waals surface area contributed by atoms with Crippen LogP contribution in [0.4, 0.5) is 11.5 Å². The highest BCUT2D eigenvalue weighted by molar-refractivity contribution is 6.33. The number of hydrogen-bond donors (Lipinski definition) is 2. The van der Waals surface area contributed by atoms with Crippen LogP contribution in [0.2, 0.25) is 5.02 Å². The Labute approximate surface area is 180 Å². The molecule has 1 aromatic heterocycles. The molecule has 0 bridgehead atoms. The Kier molecular flexibility index (Phi) is 5.59. The van der Waals surface area contributed by atoms with E-state index in [1.165, 1.54) is 6.07 Å². The largest absolute Gasteiger partial charge is 0.433 e. The summed E-state index contributed by atoms with van der Waals surface area (Å²) in [5.74, 6) is -0.706. The van der Waals surface area contributed by atoms with E-state index in [2.05, 4.69) is 20.8 Å². The van der Waals surface area contributed by atoms with Crippen molar-refractivity contribution in [3.63, 3.8) is 0 Å². The molecule has 0 aliphatic rings. The summed E-state index contributed by atoms with van der Waals surface area (Å²) in [4.78, 5) is 31.2. The molecule has 154 valence electrons. The first-order valence-electron chi connectivity index (χ1n) is 9.00. The number of halogens is 1. The summed E-state index contributed by atoms with van der Waals surface area (Å²) in [6.45, 7) is 0. The van der Waals surface area contributed by atoms with Crippen LogP contribution in [-0.4, -0.2) is 20.8 Å². The van der Waals surface area contributed by atoms with Gasteiger partial charge in [-0.25, -0.2) is 4.98 Å². The summed E-state index contributed by atoms with van der Waals surface area (Å²) < 4.78 is 5.77. The number of hydrazine groups is 1. The average Bonchev–Trinajstić information content (AvgIpc) is 2.78. The Morgan fingerprint density at radius 3 is 2.55 bits per heavy atom. The van der Waals surface area contributed by atoms with Gasteiger partial charge in [0.25, 0.3) is 5.91 Å². The van der Waals surface area contributed by atoms with E-state index in [0.717, 1.165) is 17.1 Å². The van der Waals surface area contributed by atoms with Crippen molar-refractivity contribution in [2.24, 2.45) is 0 Å². The van der Waals surface area contributed by atoms with Crippen molar-refractivity contribution in [2.45, 2.75) is 0 Å². The molecule has 0 radical (unpaired) electrons. The Hall–Kier alpha value is -4.24. The van der Waals surface area contributed by atoms with Gasteiger partial charge in [0.2, 0.25) is 5.82 Å². The summed E-state index contributed by atoms with van der Waals surface area (Å²) in [6, 6.07) is 19.2. The number of nitro groups is 1. The molecule has 1 amide bonds. The summed E-state index contributed by atoms with van der Waals surface area (Å²) in [6.07, 6.45) is 1.09. The van der Waals surface area contributed by atoms with Crippen LogP contribution >= 0.6 is 11.6 Å². The van der Waals surface area contributed by atoms with Gasteiger partial charge < -0.3 is 4.74 Å². The van der Waals surface area contributed by atoms with Crippen molar-refractivity contribution in [1.29, 1.82) is 0 Å². The van der Waals surface area contributed by atoms with Crippen molar-refractivity contribution >= 4 is 39.8 Å². The van der Waals surface area contributed by atoms with Crippen molar-refractivity contribution in [2.75, 3.05) is 5.43 Å². The summed E-state index contributed by atoms with van der Waals surface area (Å²) in [5, 5.41) is 13.6. The van der Waals surface area contributed by atoms with Gasteiger partial charge in [-0.05, 0) is 23.6 Å². The predicted molar refractivity (Wildman–Crippen MR) is 115 cm³/mol. The zero-order valence-electron chi connectivity index (χ0n) is 15.8. The second kappa shape index (κ2) is 8.64. The normalized spacial score (nSPS) is 10.5. The van der Waals surface area contributed by atoms with E-state index >= 15 is 0 Å². The van der Waals surface area contributed by atoms with E-state index in [1.807, 2.05) is 30.3 Å². The van der Waals surface area contributed by atoms with Gasteiger partial charge in [0.1, 0.15) is 12.1 Å². The number of nitrogens with zero attached hydrogens (tertiary/aromatic N) is 3. The molecule has 3 aromatic carbocycles. The van der Waals surface area contributed by atoms with Gasteiger partial charge in [0, 0.05) is 5.39 Å². The quantitative estimate of drug-likeness (QED) is 0.331. The smallest absolute Gasteiger partial charge is 0.374 e. The van der Waals surface area contributed by atoms with Gasteiger partial charge in [-0.3, -0.25) is 25.8 Å². The number of ether oxygens (including phenoxy) is 1. The number of aromatic nitrogens is 2. The summed E-state index contributed by atoms with van der Waals surface area (Å²) in [7, 11) is 0. The van der Waals surface area contributed by atoms with Crippen LogP contribution in [-0.2, 0) is 0 Å². The minimum atomic E-state index is -0.690. The molecule has 2 N–H and O–H groups in total. The van der Waals surface area contributed by atoms with Crippen LogP contribution in [0.25, 0.3) is 10.8 Å². The lowest BCUT2D eigenvalue weighted by molar-refractivity contribution is -0.385. The van der Waals surface area contributed by atoms with E-state index in [-0.39, 0.29) is 22.3 Å². The van der Waals surface area contributed by atoms with Crippen molar-refractivity contribution in [1.82, 2.24) is 15.4 Å². The van der Waals surface area contributed by atoms with Gasteiger partial charge in [-0.2, -0.15) is 4.98 Å². The highest BCUT2D eigenvalue weighted by atomic mass is 35.5. The third kappa shape index (κ3) is 4.21. The fraction of sp³-hybridized carbons (Fsp3) is 0. The molecule has 0 spiro atoms. The molecular weight excluding hydrogens is 422 g/mol. The van der Waals surface area contributed by atoms with Crippen LogP contribution in [0, 0.1) is 10.1 Å². The van der Waals surface area contributed by atoms with E-state index in [1.54, 1.807) is 30.3 Å². The lowest BCUT2D eigenvalue weighted by Gasteiger charge is -2.11. The van der Waals surface area contributed by atoms with Crippen LogP contribution < -0.4 is 15.6 Å². The summed E-state index contributed by atoms with van der Waals surface area (Å²) >= 11 is 6.00. The lowest BCUT2D eigenvalue weighted by atomic mass is 10.1. The molecule has 31 heavy (non-hydrogen) atoms. The molecule has 0 atom stereocenters. The van der Waals surface area contributed by atoms with Gasteiger partial charge in [0.05, 0.1) is 15.5 Å². The minimum absolute atomic E-state index is 0.195. The molecule has 0 saturated heterocycles. The third-order valence-corrected chi connectivity index (χ3v) is 4.67. The topological polar surface area (TPSA) is 119 Å². The first kappa shape index (κ1) is 20.0. The molecule has 0 aliphatic carbocycles. The molecule has 1 heterocycles. The van der Waals surface area contributed by atoms with E-state index in [0.29, 0.717) is 5.75 Å². The number of fused-ring (bicyclic) bond motifs is 1. The molecule has 10 heteroatoms. The maximum absolute atomic E-state index is 12.3. The molecule has 0 unspecified atom stereocenters. The monoisotopic (exact) mass is 435 g/mol. The Morgan fingerprint density at radius 1 is 1.00 bits per heavy atom. The van der Waals surface area contributed by atoms with Crippen LogP contribution in [0.3, 0.4) is 0 Å². The number of rotatable bonds is 6. The van der Waals surface area contributed by atoms with E-state index in [9.17, 15) is 14.9 Å². The van der Waals surface area contributed by atoms with Gasteiger partial charge >= 0.3 is 11.6 Å². The summed E-state index contributed by atoms with van der Waals surface area (Å²) in [5.41, 5.74) is 4.46. The van der Waals surface area contributed by atoms with Crippen molar-refractivity contribution < 1.29 is 14.5 Å². The first-order chi connectivity index (χ1) is 15.0. The van der Waals surface area contributed by atoms with Crippen LogP contribution in [0.15, 0.2) is 73.1 Å². The highest BCUT2D eigenvalue weighted by Gasteiger charge is 2.26. The molecule has 4 rings (SSSR count). The Balaban J connectivity index is 1.63. The maximum Gasteiger partial charge on any atom is 0.374 e. The van der Waals surface area contributed by atoms with Gasteiger partial charge in [-0.15, -0.1) is 0 Å². The minimum Gasteiger partial charge on any atom is -0.433 e. The maximum atomic E-state index is 12.3. The standard InChI is InChI=1S/C21H14ClN5O4/c22-16-10-4-3-9-15(16)20(28)26-25-19-18(27(29)30)21(24-12-23-19)31-17-11-5-7-13-6-1-2-8-14(13)17/h1-12H,(H,26,28)(H,23,24,25). The number of carbonyl (C=O) groups is 1. The fourth-order valence-electron chi connectivity index (χ4n) is 2.91. The predicted octanol–water partition coefficient (Wildman–Crippen LogP) is 4.74. The molecule has 0 saturated carbocycles. The zero-order chi connectivity index (χ0) is 21.8.